The Morgan fingerprint density at radius 1 is 1.35 bits per heavy atom. The number of carbonyl (C=O) groups is 1. The number of amides is 1. The SMILES string of the molecule is Cc1c(C(=O)Nc2cccc3c2CC(C)C3(C)C)c(C(F)(F)F)nn1C. The van der Waals surface area contributed by atoms with Crippen LogP contribution >= 0.6 is 0 Å². The predicted octanol–water partition coefficient (Wildman–Crippen LogP) is 4.47. The highest BCUT2D eigenvalue weighted by Gasteiger charge is 2.41. The largest absolute Gasteiger partial charge is 0.435 e. The molecule has 3 rings (SSSR count). The maximum absolute atomic E-state index is 13.3. The highest BCUT2D eigenvalue weighted by Crippen LogP contribution is 2.45. The third-order valence-electron chi connectivity index (χ3n) is 5.69. The van der Waals surface area contributed by atoms with Crippen LogP contribution in [0.2, 0.25) is 0 Å². The Kier molecular flexibility index (Phi) is 4.16. The van der Waals surface area contributed by atoms with Crippen LogP contribution in [0.25, 0.3) is 0 Å². The van der Waals surface area contributed by atoms with Crippen LogP contribution in [0.1, 0.15) is 53.6 Å². The fraction of sp³-hybridized carbons (Fsp3) is 0.474. The molecule has 4 nitrogen and oxygen atoms in total. The van der Waals surface area contributed by atoms with Crippen molar-refractivity contribution in [3.05, 3.63) is 46.3 Å². The fourth-order valence-corrected chi connectivity index (χ4v) is 3.62. The summed E-state index contributed by atoms with van der Waals surface area (Å²) < 4.78 is 40.9. The monoisotopic (exact) mass is 365 g/mol. The van der Waals surface area contributed by atoms with Gasteiger partial charge < -0.3 is 5.32 Å². The number of aryl methyl sites for hydroxylation is 1. The Hall–Kier alpha value is -2.31. The van der Waals surface area contributed by atoms with E-state index in [1.165, 1.54) is 14.0 Å². The van der Waals surface area contributed by atoms with Crippen molar-refractivity contribution in [1.82, 2.24) is 9.78 Å². The molecular weight excluding hydrogens is 343 g/mol. The van der Waals surface area contributed by atoms with E-state index in [1.54, 1.807) is 6.07 Å². The van der Waals surface area contributed by atoms with Gasteiger partial charge in [0.2, 0.25) is 0 Å². The molecule has 1 amide bonds. The number of aromatic nitrogens is 2. The van der Waals surface area contributed by atoms with Crippen molar-refractivity contribution in [2.24, 2.45) is 13.0 Å². The van der Waals surface area contributed by atoms with E-state index < -0.39 is 23.3 Å². The van der Waals surface area contributed by atoms with Crippen molar-refractivity contribution in [2.45, 2.75) is 45.7 Å². The van der Waals surface area contributed by atoms with Crippen LogP contribution in [0, 0.1) is 12.8 Å². The maximum atomic E-state index is 13.3. The number of rotatable bonds is 2. The lowest BCUT2D eigenvalue weighted by molar-refractivity contribution is -0.141. The number of hydrogen-bond donors (Lipinski definition) is 1. The second-order valence-electron chi connectivity index (χ2n) is 7.54. The van der Waals surface area contributed by atoms with Gasteiger partial charge in [-0.2, -0.15) is 18.3 Å². The summed E-state index contributed by atoms with van der Waals surface area (Å²) >= 11 is 0. The topological polar surface area (TPSA) is 46.9 Å². The molecule has 0 aliphatic heterocycles. The first-order valence-corrected chi connectivity index (χ1v) is 8.49. The molecule has 2 aromatic rings. The molecule has 140 valence electrons. The fourth-order valence-electron chi connectivity index (χ4n) is 3.62. The first kappa shape index (κ1) is 18.5. The normalized spacial score (nSPS) is 18.7. The summed E-state index contributed by atoms with van der Waals surface area (Å²) in [7, 11) is 1.39. The van der Waals surface area contributed by atoms with Gasteiger partial charge in [-0.1, -0.05) is 32.9 Å². The van der Waals surface area contributed by atoms with E-state index in [-0.39, 0.29) is 11.1 Å². The summed E-state index contributed by atoms with van der Waals surface area (Å²) in [6.07, 6.45) is -3.91. The number of benzene rings is 1. The minimum Gasteiger partial charge on any atom is -0.322 e. The number of nitrogens with one attached hydrogen (secondary N) is 1. The number of nitrogens with zero attached hydrogens (tertiary/aromatic N) is 2. The first-order valence-electron chi connectivity index (χ1n) is 8.49. The lowest BCUT2D eigenvalue weighted by Crippen LogP contribution is -2.21. The molecule has 1 aromatic carbocycles. The van der Waals surface area contributed by atoms with Gasteiger partial charge in [0.15, 0.2) is 5.69 Å². The third-order valence-corrected chi connectivity index (χ3v) is 5.69. The molecule has 0 spiro atoms. The van der Waals surface area contributed by atoms with Crippen LogP contribution in [0.3, 0.4) is 0 Å². The molecule has 1 aliphatic carbocycles. The van der Waals surface area contributed by atoms with E-state index in [0.29, 0.717) is 11.6 Å². The first-order chi connectivity index (χ1) is 11.9. The van der Waals surface area contributed by atoms with E-state index in [2.05, 4.69) is 31.2 Å². The van der Waals surface area contributed by atoms with Crippen LogP contribution in [0.5, 0.6) is 0 Å². The summed E-state index contributed by atoms with van der Waals surface area (Å²) in [5, 5.41) is 6.17. The molecule has 26 heavy (non-hydrogen) atoms. The molecule has 0 saturated heterocycles. The molecule has 0 fully saturated rings. The number of anilines is 1. The molecule has 1 heterocycles. The molecular formula is C19H22F3N3O. The molecule has 7 heteroatoms. The smallest absolute Gasteiger partial charge is 0.322 e. The standard InChI is InChI=1S/C19H22F3N3O/c1-10-9-12-13(18(10,3)4)7-6-8-14(12)23-17(26)15-11(2)25(5)24-16(15)19(20,21)22/h6-8,10H,9H2,1-5H3,(H,23,26). The van der Waals surface area contributed by atoms with Crippen LogP contribution in [0.4, 0.5) is 18.9 Å². The average Bonchev–Trinajstić information content (AvgIpc) is 2.95. The van der Waals surface area contributed by atoms with Gasteiger partial charge in [0, 0.05) is 18.4 Å². The van der Waals surface area contributed by atoms with Crippen molar-refractivity contribution in [2.75, 3.05) is 5.32 Å². The number of alkyl halides is 3. The maximum Gasteiger partial charge on any atom is 0.435 e. The lowest BCUT2D eigenvalue weighted by atomic mass is 9.80. The van der Waals surface area contributed by atoms with E-state index >= 15 is 0 Å². The van der Waals surface area contributed by atoms with Crippen LogP contribution in [-0.2, 0) is 25.1 Å². The average molecular weight is 365 g/mol. The van der Waals surface area contributed by atoms with E-state index in [1.807, 2.05) is 12.1 Å². The Labute approximate surface area is 150 Å². The van der Waals surface area contributed by atoms with Crippen LogP contribution in [-0.4, -0.2) is 15.7 Å². The Morgan fingerprint density at radius 3 is 2.62 bits per heavy atom. The molecule has 0 saturated carbocycles. The molecule has 1 unspecified atom stereocenters. The summed E-state index contributed by atoms with van der Waals surface area (Å²) in [6.45, 7) is 7.88. The van der Waals surface area contributed by atoms with E-state index in [4.69, 9.17) is 0 Å². The van der Waals surface area contributed by atoms with Crippen LogP contribution < -0.4 is 5.32 Å². The minimum absolute atomic E-state index is 0.0442. The Bertz CT molecular complexity index is 881. The molecule has 1 N–H and O–H groups in total. The van der Waals surface area contributed by atoms with Gasteiger partial charge in [0.25, 0.3) is 5.91 Å². The highest BCUT2D eigenvalue weighted by atomic mass is 19.4. The van der Waals surface area contributed by atoms with Gasteiger partial charge in [-0.05, 0) is 41.9 Å². The van der Waals surface area contributed by atoms with Crippen molar-refractivity contribution in [3.63, 3.8) is 0 Å². The summed E-state index contributed by atoms with van der Waals surface area (Å²) in [6, 6.07) is 5.59. The number of fused-ring (bicyclic) bond motifs is 1. The van der Waals surface area contributed by atoms with Gasteiger partial charge in [-0.25, -0.2) is 0 Å². The zero-order chi connectivity index (χ0) is 19.4. The van der Waals surface area contributed by atoms with Gasteiger partial charge in [-0.15, -0.1) is 0 Å². The Balaban J connectivity index is 2.01. The number of hydrogen-bond acceptors (Lipinski definition) is 2. The number of carbonyl (C=O) groups excluding carboxylic acids is 1. The minimum atomic E-state index is -4.69. The summed E-state index contributed by atoms with van der Waals surface area (Å²) in [5.41, 5.74) is 1.24. The number of halogens is 3. The molecule has 1 atom stereocenters. The van der Waals surface area contributed by atoms with Crippen molar-refractivity contribution < 1.29 is 18.0 Å². The van der Waals surface area contributed by atoms with E-state index in [0.717, 1.165) is 22.2 Å². The second kappa shape index (κ2) is 5.86. The quantitative estimate of drug-likeness (QED) is 0.854. The zero-order valence-electron chi connectivity index (χ0n) is 15.5. The van der Waals surface area contributed by atoms with Gasteiger partial charge in [0.1, 0.15) is 0 Å². The van der Waals surface area contributed by atoms with Crippen molar-refractivity contribution in [3.8, 4) is 0 Å². The zero-order valence-corrected chi connectivity index (χ0v) is 15.5. The van der Waals surface area contributed by atoms with Crippen molar-refractivity contribution in [1.29, 1.82) is 0 Å². The van der Waals surface area contributed by atoms with Gasteiger partial charge in [0.05, 0.1) is 5.56 Å². The Morgan fingerprint density at radius 2 is 2.00 bits per heavy atom. The molecule has 0 bridgehead atoms. The summed E-state index contributed by atoms with van der Waals surface area (Å²) in [4.78, 5) is 12.7. The summed E-state index contributed by atoms with van der Waals surface area (Å²) in [5.74, 6) is -0.407. The van der Waals surface area contributed by atoms with Gasteiger partial charge >= 0.3 is 6.18 Å². The molecule has 0 radical (unpaired) electrons. The second-order valence-corrected chi connectivity index (χ2v) is 7.54. The van der Waals surface area contributed by atoms with Gasteiger partial charge in [-0.3, -0.25) is 9.48 Å². The predicted molar refractivity (Wildman–Crippen MR) is 93.2 cm³/mol. The molecule has 1 aliphatic rings. The highest BCUT2D eigenvalue weighted by molar-refractivity contribution is 6.06. The molecule has 1 aromatic heterocycles. The third kappa shape index (κ3) is 2.79. The van der Waals surface area contributed by atoms with Crippen LogP contribution in [0.15, 0.2) is 18.2 Å². The van der Waals surface area contributed by atoms with Crippen molar-refractivity contribution >= 4 is 11.6 Å². The lowest BCUT2D eigenvalue weighted by Gasteiger charge is -2.25. The van der Waals surface area contributed by atoms with E-state index in [9.17, 15) is 18.0 Å².